The van der Waals surface area contributed by atoms with Gasteiger partial charge in [-0.2, -0.15) is 5.10 Å². The lowest BCUT2D eigenvalue weighted by molar-refractivity contribution is 0.415. The number of anilines is 3. The number of methoxy groups -OCH3 is 1. The fraction of sp³-hybridized carbons (Fsp3) is 0.133. The molecule has 2 heterocycles. The fourth-order valence-electron chi connectivity index (χ4n) is 2.11. The lowest BCUT2D eigenvalue weighted by atomic mass is 10.1. The van der Waals surface area contributed by atoms with Crippen LogP contribution in [0.5, 0.6) is 5.75 Å². The molecule has 4 N–H and O–H groups in total. The van der Waals surface area contributed by atoms with E-state index < -0.39 is 0 Å². The van der Waals surface area contributed by atoms with Crippen molar-refractivity contribution in [3.8, 4) is 17.0 Å². The predicted octanol–water partition coefficient (Wildman–Crippen LogP) is 3.16. The number of rotatable bonds is 4. The summed E-state index contributed by atoms with van der Waals surface area (Å²) in [7, 11) is 1.55. The Morgan fingerprint density at radius 3 is 2.74 bits per heavy atom. The van der Waals surface area contributed by atoms with Crippen LogP contribution in [0.1, 0.15) is 5.69 Å². The van der Waals surface area contributed by atoms with Crippen LogP contribution in [0.3, 0.4) is 0 Å². The smallest absolute Gasteiger partial charge is 0.153 e. The largest absolute Gasteiger partial charge is 0.495 e. The van der Waals surface area contributed by atoms with E-state index in [0.717, 1.165) is 11.3 Å². The minimum atomic E-state index is 0.298. The monoisotopic (exact) mass is 330 g/mol. The first-order chi connectivity index (χ1) is 11.1. The molecular weight excluding hydrogens is 316 g/mol. The van der Waals surface area contributed by atoms with Crippen LogP contribution < -0.4 is 15.8 Å². The molecule has 23 heavy (non-hydrogen) atoms. The third kappa shape index (κ3) is 3.19. The third-order valence-electron chi connectivity index (χ3n) is 3.19. The maximum Gasteiger partial charge on any atom is 0.153 e. The van der Waals surface area contributed by atoms with E-state index >= 15 is 0 Å². The molecule has 0 bridgehead atoms. The lowest BCUT2D eigenvalue weighted by Gasteiger charge is -2.09. The van der Waals surface area contributed by atoms with E-state index in [9.17, 15) is 0 Å². The van der Waals surface area contributed by atoms with Crippen molar-refractivity contribution in [3.63, 3.8) is 0 Å². The number of nitrogens with two attached hydrogens (primary N) is 1. The molecule has 3 rings (SSSR count). The van der Waals surface area contributed by atoms with E-state index in [1.165, 1.54) is 0 Å². The molecule has 8 heteroatoms. The first-order valence-corrected chi connectivity index (χ1v) is 7.20. The number of benzene rings is 1. The summed E-state index contributed by atoms with van der Waals surface area (Å²) in [6, 6.07) is 7.17. The van der Waals surface area contributed by atoms with Crippen molar-refractivity contribution in [1.29, 1.82) is 0 Å². The standard InChI is InChI=1S/C15H15ClN6O/c1-8-5-12(22-21-8)19-13-7-18-14(15(17)20-13)9-3-4-10(16)11(6-9)23-2/h3-7H,1-2H3,(H4,17,19,20,21,22). The van der Waals surface area contributed by atoms with Gasteiger partial charge in [-0.25, -0.2) is 9.97 Å². The molecule has 0 radical (unpaired) electrons. The quantitative estimate of drug-likeness (QED) is 0.679. The average molecular weight is 331 g/mol. The first kappa shape index (κ1) is 15.1. The highest BCUT2D eigenvalue weighted by atomic mass is 35.5. The van der Waals surface area contributed by atoms with E-state index in [1.807, 2.05) is 19.1 Å². The Kier molecular flexibility index (Phi) is 4.03. The van der Waals surface area contributed by atoms with E-state index in [4.69, 9.17) is 22.1 Å². The molecule has 7 nitrogen and oxygen atoms in total. The highest BCUT2D eigenvalue weighted by Gasteiger charge is 2.11. The molecule has 0 aliphatic heterocycles. The fourth-order valence-corrected chi connectivity index (χ4v) is 2.30. The molecule has 118 valence electrons. The predicted molar refractivity (Wildman–Crippen MR) is 90.0 cm³/mol. The van der Waals surface area contributed by atoms with Crippen molar-refractivity contribution in [2.24, 2.45) is 0 Å². The first-order valence-electron chi connectivity index (χ1n) is 6.82. The highest BCUT2D eigenvalue weighted by molar-refractivity contribution is 6.32. The lowest BCUT2D eigenvalue weighted by Crippen LogP contribution is -2.02. The number of aromatic nitrogens is 4. The van der Waals surface area contributed by atoms with Crippen LogP contribution in [0.4, 0.5) is 17.5 Å². The maximum absolute atomic E-state index is 6.03. The van der Waals surface area contributed by atoms with Crippen molar-refractivity contribution in [2.45, 2.75) is 6.92 Å². The summed E-state index contributed by atoms with van der Waals surface area (Å²) in [5, 5.41) is 10.5. The van der Waals surface area contributed by atoms with Crippen LogP contribution in [-0.4, -0.2) is 27.3 Å². The van der Waals surface area contributed by atoms with Crippen LogP contribution in [0.2, 0.25) is 5.02 Å². The van der Waals surface area contributed by atoms with E-state index in [0.29, 0.717) is 33.9 Å². The molecule has 0 amide bonds. The Hall–Kier alpha value is -2.80. The molecule has 2 aromatic heterocycles. The van der Waals surface area contributed by atoms with Crippen LogP contribution in [0, 0.1) is 6.92 Å². The number of ether oxygens (including phenoxy) is 1. The van der Waals surface area contributed by atoms with Gasteiger partial charge in [0.1, 0.15) is 11.4 Å². The van der Waals surface area contributed by atoms with Gasteiger partial charge in [0.15, 0.2) is 17.5 Å². The summed E-state index contributed by atoms with van der Waals surface area (Å²) in [6.07, 6.45) is 1.59. The van der Waals surface area contributed by atoms with E-state index in [-0.39, 0.29) is 0 Å². The molecule has 0 atom stereocenters. The average Bonchev–Trinajstić information content (AvgIpc) is 2.93. The van der Waals surface area contributed by atoms with Gasteiger partial charge >= 0.3 is 0 Å². The van der Waals surface area contributed by atoms with Gasteiger partial charge in [-0.15, -0.1) is 0 Å². The number of hydrogen-bond donors (Lipinski definition) is 3. The Bertz CT molecular complexity index is 848. The summed E-state index contributed by atoms with van der Waals surface area (Å²) >= 11 is 6.03. The maximum atomic E-state index is 6.03. The second-order valence-electron chi connectivity index (χ2n) is 4.90. The number of nitrogens with zero attached hydrogens (tertiary/aromatic N) is 3. The molecular formula is C15H15ClN6O. The zero-order valence-electron chi connectivity index (χ0n) is 12.6. The third-order valence-corrected chi connectivity index (χ3v) is 3.50. The molecule has 0 aliphatic carbocycles. The molecule has 0 saturated carbocycles. The molecule has 0 saturated heterocycles. The van der Waals surface area contributed by atoms with Gasteiger partial charge in [0.25, 0.3) is 0 Å². The number of nitrogen functional groups attached to an aromatic ring is 1. The number of hydrogen-bond acceptors (Lipinski definition) is 6. The van der Waals surface area contributed by atoms with E-state index in [1.54, 1.807) is 25.4 Å². The second kappa shape index (κ2) is 6.13. The molecule has 0 aliphatic rings. The highest BCUT2D eigenvalue weighted by Crippen LogP contribution is 2.31. The number of aryl methyl sites for hydroxylation is 1. The molecule has 3 aromatic rings. The normalized spacial score (nSPS) is 10.6. The zero-order chi connectivity index (χ0) is 16.4. The van der Waals surface area contributed by atoms with Crippen molar-refractivity contribution in [1.82, 2.24) is 20.2 Å². The number of H-pyrrole nitrogens is 1. The summed E-state index contributed by atoms with van der Waals surface area (Å²) < 4.78 is 5.21. The van der Waals surface area contributed by atoms with Gasteiger partial charge < -0.3 is 15.8 Å². The summed E-state index contributed by atoms with van der Waals surface area (Å²) in [6.45, 7) is 1.91. The van der Waals surface area contributed by atoms with Gasteiger partial charge in [0.05, 0.1) is 18.3 Å². The van der Waals surface area contributed by atoms with Crippen LogP contribution in [0.15, 0.2) is 30.5 Å². The second-order valence-corrected chi connectivity index (χ2v) is 5.31. The van der Waals surface area contributed by atoms with Crippen LogP contribution >= 0.6 is 11.6 Å². The van der Waals surface area contributed by atoms with Crippen molar-refractivity contribution < 1.29 is 4.74 Å². The summed E-state index contributed by atoms with van der Waals surface area (Å²) in [5.41, 5.74) is 8.30. The van der Waals surface area contributed by atoms with Crippen LogP contribution in [0.25, 0.3) is 11.3 Å². The van der Waals surface area contributed by atoms with Gasteiger partial charge in [0.2, 0.25) is 0 Å². The Balaban J connectivity index is 1.90. The minimum Gasteiger partial charge on any atom is -0.495 e. The SMILES string of the molecule is COc1cc(-c2ncc(Nc3cc(C)[nH]n3)nc2N)ccc1Cl. The van der Waals surface area contributed by atoms with E-state index in [2.05, 4.69) is 25.5 Å². The van der Waals surface area contributed by atoms with Gasteiger partial charge in [-0.3, -0.25) is 5.10 Å². The Labute approximate surface area is 137 Å². The van der Waals surface area contributed by atoms with Crippen molar-refractivity contribution in [3.05, 3.63) is 41.2 Å². The van der Waals surface area contributed by atoms with Crippen molar-refractivity contribution in [2.75, 3.05) is 18.2 Å². The molecule has 0 spiro atoms. The Morgan fingerprint density at radius 1 is 1.26 bits per heavy atom. The number of aromatic amines is 1. The van der Waals surface area contributed by atoms with Crippen molar-refractivity contribution >= 4 is 29.1 Å². The number of halogens is 1. The summed E-state index contributed by atoms with van der Waals surface area (Å²) in [5.74, 6) is 2.02. The molecule has 0 fully saturated rings. The zero-order valence-corrected chi connectivity index (χ0v) is 13.3. The van der Waals surface area contributed by atoms with Gasteiger partial charge in [-0.1, -0.05) is 17.7 Å². The topological polar surface area (TPSA) is 102 Å². The summed E-state index contributed by atoms with van der Waals surface area (Å²) in [4.78, 5) is 8.68. The van der Waals surface area contributed by atoms with Gasteiger partial charge in [0, 0.05) is 17.3 Å². The number of nitrogens with one attached hydrogen (secondary N) is 2. The minimum absolute atomic E-state index is 0.298. The van der Waals surface area contributed by atoms with Crippen LogP contribution in [-0.2, 0) is 0 Å². The molecule has 1 aromatic carbocycles. The van der Waals surface area contributed by atoms with Gasteiger partial charge in [-0.05, 0) is 19.1 Å². The molecule has 0 unspecified atom stereocenters. The Morgan fingerprint density at radius 2 is 2.09 bits per heavy atom.